The number of benzene rings is 1. The summed E-state index contributed by atoms with van der Waals surface area (Å²) in [5.74, 6) is 1.19. The van der Waals surface area contributed by atoms with Gasteiger partial charge in [-0.1, -0.05) is 0 Å². The zero-order valence-corrected chi connectivity index (χ0v) is 16.0. The highest BCUT2D eigenvalue weighted by atomic mass is 19.1. The van der Waals surface area contributed by atoms with E-state index in [2.05, 4.69) is 27.6 Å². The highest BCUT2D eigenvalue weighted by Gasteiger charge is 2.08. The summed E-state index contributed by atoms with van der Waals surface area (Å²) in [5.41, 5.74) is 3.30. The van der Waals surface area contributed by atoms with Crippen LogP contribution in [0.1, 0.15) is 30.3 Å². The molecule has 2 aromatic rings. The number of rotatable bonds is 8. The number of nitrogens with zero attached hydrogens (tertiary/aromatic N) is 3. The van der Waals surface area contributed by atoms with E-state index in [0.29, 0.717) is 18.9 Å². The van der Waals surface area contributed by atoms with Gasteiger partial charge in [0.15, 0.2) is 5.96 Å². The van der Waals surface area contributed by atoms with Crippen LogP contribution >= 0.6 is 0 Å². The first-order valence-corrected chi connectivity index (χ1v) is 8.91. The molecule has 0 bridgehead atoms. The molecule has 1 aromatic carbocycles. The van der Waals surface area contributed by atoms with E-state index in [9.17, 15) is 4.39 Å². The Kier molecular flexibility index (Phi) is 7.44. The van der Waals surface area contributed by atoms with Crippen LogP contribution in [0.25, 0.3) is 0 Å². The van der Waals surface area contributed by atoms with Crippen molar-refractivity contribution in [1.82, 2.24) is 20.4 Å². The Morgan fingerprint density at radius 2 is 1.96 bits per heavy atom. The van der Waals surface area contributed by atoms with Crippen molar-refractivity contribution in [2.75, 3.05) is 19.7 Å². The van der Waals surface area contributed by atoms with Gasteiger partial charge in [0.05, 0.1) is 18.8 Å². The molecule has 0 amide bonds. The van der Waals surface area contributed by atoms with Crippen LogP contribution in [0.3, 0.4) is 0 Å². The summed E-state index contributed by atoms with van der Waals surface area (Å²) in [7, 11) is 1.94. The molecule has 0 aliphatic carbocycles. The van der Waals surface area contributed by atoms with Gasteiger partial charge in [0.1, 0.15) is 11.6 Å². The van der Waals surface area contributed by atoms with Gasteiger partial charge in [-0.15, -0.1) is 0 Å². The number of hydrogen-bond donors (Lipinski definition) is 2. The minimum atomic E-state index is -0.260. The second kappa shape index (κ2) is 9.79. The first-order chi connectivity index (χ1) is 12.5. The molecular weight excluding hydrogens is 333 g/mol. The molecule has 1 aromatic heterocycles. The molecular formula is C19H28FN5O. The van der Waals surface area contributed by atoms with Crippen LogP contribution in [-0.4, -0.2) is 35.4 Å². The molecule has 0 unspecified atom stereocenters. The van der Waals surface area contributed by atoms with Crippen molar-refractivity contribution in [1.29, 1.82) is 0 Å². The summed E-state index contributed by atoms with van der Waals surface area (Å²) < 4.78 is 20.3. The van der Waals surface area contributed by atoms with Crippen LogP contribution in [0.5, 0.6) is 5.75 Å². The molecule has 0 aliphatic rings. The molecule has 0 saturated carbocycles. The second-order valence-electron chi connectivity index (χ2n) is 6.05. The van der Waals surface area contributed by atoms with E-state index in [1.807, 2.05) is 25.6 Å². The van der Waals surface area contributed by atoms with Crippen molar-refractivity contribution >= 4 is 5.96 Å². The van der Waals surface area contributed by atoms with Gasteiger partial charge in [-0.3, -0.25) is 4.68 Å². The van der Waals surface area contributed by atoms with E-state index in [1.165, 1.54) is 12.1 Å². The molecule has 0 atom stereocenters. The van der Waals surface area contributed by atoms with E-state index < -0.39 is 0 Å². The number of nitrogens with one attached hydrogen (secondary N) is 2. The summed E-state index contributed by atoms with van der Waals surface area (Å²) in [6.07, 6.45) is 0.812. The lowest BCUT2D eigenvalue weighted by atomic mass is 10.2. The first kappa shape index (κ1) is 19.8. The van der Waals surface area contributed by atoms with Crippen LogP contribution in [0, 0.1) is 19.7 Å². The number of halogens is 1. The minimum absolute atomic E-state index is 0.260. The monoisotopic (exact) mass is 361 g/mol. The summed E-state index contributed by atoms with van der Waals surface area (Å²) in [6.45, 7) is 8.77. The SMILES string of the molecule is CCNC(=NCc1c(C)nn(C)c1C)NCCCOc1ccc(F)cc1. The van der Waals surface area contributed by atoms with Crippen LogP contribution in [0.15, 0.2) is 29.3 Å². The van der Waals surface area contributed by atoms with E-state index in [0.717, 1.165) is 42.4 Å². The third kappa shape index (κ3) is 5.75. The third-order valence-electron chi connectivity index (χ3n) is 4.09. The molecule has 0 saturated heterocycles. The summed E-state index contributed by atoms with van der Waals surface area (Å²) >= 11 is 0. The van der Waals surface area contributed by atoms with Gasteiger partial charge in [-0.05, 0) is 51.5 Å². The lowest BCUT2D eigenvalue weighted by Crippen LogP contribution is -2.38. The highest BCUT2D eigenvalue weighted by molar-refractivity contribution is 5.79. The van der Waals surface area contributed by atoms with Crippen LogP contribution in [0.2, 0.25) is 0 Å². The van der Waals surface area contributed by atoms with Crippen molar-refractivity contribution in [3.63, 3.8) is 0 Å². The standard InChI is InChI=1S/C19H28FN5O/c1-5-21-19(23-13-18-14(2)24-25(4)15(18)3)22-11-6-12-26-17-9-7-16(20)8-10-17/h7-10H,5-6,11-13H2,1-4H3,(H2,21,22,23). The quantitative estimate of drug-likeness (QED) is 0.431. The van der Waals surface area contributed by atoms with E-state index in [-0.39, 0.29) is 5.82 Å². The van der Waals surface area contributed by atoms with Crippen LogP contribution < -0.4 is 15.4 Å². The van der Waals surface area contributed by atoms with E-state index >= 15 is 0 Å². The summed E-state index contributed by atoms with van der Waals surface area (Å²) in [6, 6.07) is 6.05. The largest absolute Gasteiger partial charge is 0.494 e. The van der Waals surface area contributed by atoms with E-state index in [4.69, 9.17) is 4.74 Å². The number of hydrogen-bond acceptors (Lipinski definition) is 3. The van der Waals surface area contributed by atoms with Gasteiger partial charge in [0.25, 0.3) is 0 Å². The van der Waals surface area contributed by atoms with Crippen LogP contribution in [0.4, 0.5) is 4.39 Å². The molecule has 6 nitrogen and oxygen atoms in total. The van der Waals surface area contributed by atoms with Gasteiger partial charge in [-0.2, -0.15) is 5.10 Å². The predicted octanol–water partition coefficient (Wildman–Crippen LogP) is 2.70. The first-order valence-electron chi connectivity index (χ1n) is 8.91. The van der Waals surface area contributed by atoms with E-state index in [1.54, 1.807) is 12.1 Å². The number of ether oxygens (including phenoxy) is 1. The van der Waals surface area contributed by atoms with Gasteiger partial charge >= 0.3 is 0 Å². The molecule has 0 aliphatic heterocycles. The fourth-order valence-corrected chi connectivity index (χ4v) is 2.55. The molecule has 7 heteroatoms. The van der Waals surface area contributed by atoms with Gasteiger partial charge in [0.2, 0.25) is 0 Å². The summed E-state index contributed by atoms with van der Waals surface area (Å²) in [5, 5.41) is 11.0. The topological polar surface area (TPSA) is 63.5 Å². The molecule has 2 N–H and O–H groups in total. The third-order valence-corrected chi connectivity index (χ3v) is 4.09. The Morgan fingerprint density at radius 3 is 2.58 bits per heavy atom. The number of aromatic nitrogens is 2. The zero-order chi connectivity index (χ0) is 18.9. The molecule has 0 spiro atoms. The fraction of sp³-hybridized carbons (Fsp3) is 0.474. The summed E-state index contributed by atoms with van der Waals surface area (Å²) in [4.78, 5) is 4.64. The van der Waals surface area contributed by atoms with Crippen molar-refractivity contribution < 1.29 is 9.13 Å². The maximum Gasteiger partial charge on any atom is 0.191 e. The second-order valence-corrected chi connectivity index (χ2v) is 6.05. The van der Waals surface area contributed by atoms with Crippen molar-refractivity contribution in [2.45, 2.75) is 33.7 Å². The van der Waals surface area contributed by atoms with Gasteiger partial charge in [0, 0.05) is 31.4 Å². The van der Waals surface area contributed by atoms with Crippen LogP contribution in [-0.2, 0) is 13.6 Å². The highest BCUT2D eigenvalue weighted by Crippen LogP contribution is 2.13. The lowest BCUT2D eigenvalue weighted by molar-refractivity contribution is 0.310. The van der Waals surface area contributed by atoms with Gasteiger partial charge < -0.3 is 15.4 Å². The molecule has 142 valence electrons. The Balaban J connectivity index is 1.79. The maximum absolute atomic E-state index is 12.8. The Hall–Kier alpha value is -2.57. The normalized spacial score (nSPS) is 11.5. The molecule has 0 fully saturated rings. The van der Waals surface area contributed by atoms with Crippen molar-refractivity contribution in [3.05, 3.63) is 47.0 Å². The maximum atomic E-state index is 12.8. The Labute approximate surface area is 154 Å². The zero-order valence-electron chi connectivity index (χ0n) is 16.0. The Bertz CT molecular complexity index is 724. The average molecular weight is 361 g/mol. The van der Waals surface area contributed by atoms with Gasteiger partial charge in [-0.25, -0.2) is 9.38 Å². The fourth-order valence-electron chi connectivity index (χ4n) is 2.55. The number of aliphatic imine (C=N–C) groups is 1. The average Bonchev–Trinajstić information content (AvgIpc) is 2.86. The molecule has 26 heavy (non-hydrogen) atoms. The predicted molar refractivity (Wildman–Crippen MR) is 102 cm³/mol. The number of guanidine groups is 1. The van der Waals surface area contributed by atoms with Crippen molar-refractivity contribution in [3.8, 4) is 5.75 Å². The molecule has 0 radical (unpaired) electrons. The Morgan fingerprint density at radius 1 is 1.23 bits per heavy atom. The smallest absolute Gasteiger partial charge is 0.191 e. The van der Waals surface area contributed by atoms with Crippen molar-refractivity contribution in [2.24, 2.45) is 12.0 Å². The minimum Gasteiger partial charge on any atom is -0.494 e. The molecule has 1 heterocycles. The lowest BCUT2D eigenvalue weighted by Gasteiger charge is -2.12. The number of aryl methyl sites for hydroxylation is 2. The molecule has 2 rings (SSSR count).